The molecule has 0 saturated carbocycles. The second-order valence-electron chi connectivity index (χ2n) is 8.97. The van der Waals surface area contributed by atoms with Crippen molar-refractivity contribution in [3.05, 3.63) is 116 Å². The highest BCUT2D eigenvalue weighted by atomic mass is 79.9. The summed E-state index contributed by atoms with van der Waals surface area (Å²) in [6, 6.07) is 23.4. The van der Waals surface area contributed by atoms with Gasteiger partial charge in [-0.1, -0.05) is 65.7 Å². The van der Waals surface area contributed by atoms with Crippen molar-refractivity contribution in [1.29, 1.82) is 0 Å². The number of aryl methyl sites for hydroxylation is 1. The first-order chi connectivity index (χ1) is 20.1. The fraction of sp³-hybridized carbons (Fsp3) is 0.133. The van der Waals surface area contributed by atoms with Crippen LogP contribution in [0, 0.1) is 6.92 Å². The smallest absolute Gasteiger partial charge is 0.264 e. The first-order valence-electron chi connectivity index (χ1n) is 12.5. The molecular formula is C30H26BrCl2N3O5S. The van der Waals surface area contributed by atoms with Crippen LogP contribution < -0.4 is 19.2 Å². The Morgan fingerprint density at radius 3 is 2.40 bits per heavy atom. The number of carbonyl (C=O) groups is 1. The molecule has 0 fully saturated rings. The zero-order chi connectivity index (χ0) is 30.3. The van der Waals surface area contributed by atoms with Gasteiger partial charge in [0.05, 0.1) is 28.4 Å². The number of halogens is 3. The van der Waals surface area contributed by atoms with Crippen LogP contribution in [0.25, 0.3) is 0 Å². The van der Waals surface area contributed by atoms with Crippen LogP contribution in [-0.2, 0) is 21.4 Å². The van der Waals surface area contributed by atoms with E-state index < -0.39 is 22.5 Å². The highest BCUT2D eigenvalue weighted by Gasteiger charge is 2.27. The van der Waals surface area contributed by atoms with E-state index in [1.54, 1.807) is 55.5 Å². The Hall–Kier alpha value is -3.57. The molecule has 1 amide bonds. The van der Waals surface area contributed by atoms with Gasteiger partial charge in [0.15, 0.2) is 11.5 Å². The molecule has 4 rings (SSSR count). The fourth-order valence-corrected chi connectivity index (χ4v) is 6.21. The SMILES string of the molecule is COc1cc(/C=N\NC(=O)CN(c2ccc(C)c(Cl)c2)S(=O)(=O)c2ccccc2)cc(Br)c1OCc1ccccc1Cl. The van der Waals surface area contributed by atoms with Crippen molar-refractivity contribution >= 4 is 67.0 Å². The van der Waals surface area contributed by atoms with Gasteiger partial charge in [-0.15, -0.1) is 0 Å². The standard InChI is InChI=1S/C30H26BrCl2N3O5S/c1-20-12-13-23(16-27(20)33)36(42(38,39)24-9-4-3-5-10-24)18-29(37)35-34-17-21-14-25(31)30(28(15-21)40-2)41-19-22-8-6-7-11-26(22)32/h3-17H,18-19H2,1-2H3,(H,35,37)/b34-17-. The minimum Gasteiger partial charge on any atom is -0.493 e. The Kier molecular flexibility index (Phi) is 10.5. The van der Waals surface area contributed by atoms with Crippen molar-refractivity contribution < 1.29 is 22.7 Å². The summed E-state index contributed by atoms with van der Waals surface area (Å²) in [5.41, 5.74) is 4.82. The molecule has 0 radical (unpaired) electrons. The number of methoxy groups -OCH3 is 1. The third kappa shape index (κ3) is 7.63. The molecule has 0 aliphatic heterocycles. The predicted molar refractivity (Wildman–Crippen MR) is 169 cm³/mol. The maximum absolute atomic E-state index is 13.5. The van der Waals surface area contributed by atoms with Crippen molar-refractivity contribution in [3.63, 3.8) is 0 Å². The van der Waals surface area contributed by atoms with E-state index in [9.17, 15) is 13.2 Å². The van der Waals surface area contributed by atoms with Crippen LogP contribution in [0.4, 0.5) is 5.69 Å². The minimum atomic E-state index is -4.09. The number of hydrazone groups is 1. The number of sulfonamides is 1. The molecule has 42 heavy (non-hydrogen) atoms. The van der Waals surface area contributed by atoms with E-state index in [2.05, 4.69) is 26.5 Å². The van der Waals surface area contributed by atoms with Gasteiger partial charge >= 0.3 is 0 Å². The maximum Gasteiger partial charge on any atom is 0.264 e. The lowest BCUT2D eigenvalue weighted by atomic mass is 10.2. The fourth-order valence-electron chi connectivity index (χ4n) is 3.84. The van der Waals surface area contributed by atoms with E-state index in [-0.39, 0.29) is 17.2 Å². The average Bonchev–Trinajstić information content (AvgIpc) is 2.97. The molecule has 0 unspecified atom stereocenters. The van der Waals surface area contributed by atoms with Gasteiger partial charge in [-0.2, -0.15) is 5.10 Å². The number of rotatable bonds is 11. The van der Waals surface area contributed by atoms with Gasteiger partial charge in [0.1, 0.15) is 13.2 Å². The Morgan fingerprint density at radius 1 is 1.00 bits per heavy atom. The molecular weight excluding hydrogens is 665 g/mol. The second-order valence-corrected chi connectivity index (χ2v) is 12.5. The van der Waals surface area contributed by atoms with Gasteiger partial charge in [-0.3, -0.25) is 9.10 Å². The number of nitrogens with zero attached hydrogens (tertiary/aromatic N) is 2. The molecule has 0 saturated heterocycles. The number of anilines is 1. The Morgan fingerprint density at radius 2 is 1.71 bits per heavy atom. The van der Waals surface area contributed by atoms with E-state index in [1.807, 2.05) is 18.2 Å². The summed E-state index contributed by atoms with van der Waals surface area (Å²) in [6.45, 7) is 1.50. The lowest BCUT2D eigenvalue weighted by Crippen LogP contribution is -2.39. The number of carbonyl (C=O) groups excluding carboxylic acids is 1. The molecule has 0 aliphatic rings. The number of hydrogen-bond acceptors (Lipinski definition) is 6. The van der Waals surface area contributed by atoms with Crippen LogP contribution in [0.5, 0.6) is 11.5 Å². The van der Waals surface area contributed by atoms with Crippen LogP contribution in [0.3, 0.4) is 0 Å². The zero-order valence-electron chi connectivity index (χ0n) is 22.6. The van der Waals surface area contributed by atoms with Crippen molar-refractivity contribution in [2.45, 2.75) is 18.4 Å². The molecule has 12 heteroatoms. The second kappa shape index (κ2) is 14.1. The first kappa shape index (κ1) is 31.4. The summed E-state index contributed by atoms with van der Waals surface area (Å²) in [4.78, 5) is 12.9. The number of benzene rings is 4. The quantitative estimate of drug-likeness (QED) is 0.135. The monoisotopic (exact) mass is 689 g/mol. The van der Waals surface area contributed by atoms with Crippen molar-refractivity contribution in [2.24, 2.45) is 5.10 Å². The average molecular weight is 691 g/mol. The number of amides is 1. The molecule has 8 nitrogen and oxygen atoms in total. The predicted octanol–water partition coefficient (Wildman–Crippen LogP) is 7.00. The van der Waals surface area contributed by atoms with Crippen LogP contribution >= 0.6 is 39.1 Å². The van der Waals surface area contributed by atoms with E-state index in [0.29, 0.717) is 31.6 Å². The molecule has 0 aliphatic carbocycles. The van der Waals surface area contributed by atoms with Gasteiger partial charge in [-0.05, 0) is 76.4 Å². The van der Waals surface area contributed by atoms with Crippen molar-refractivity contribution in [2.75, 3.05) is 18.0 Å². The number of hydrogen-bond donors (Lipinski definition) is 1. The first-order valence-corrected chi connectivity index (χ1v) is 15.5. The van der Waals surface area contributed by atoms with E-state index >= 15 is 0 Å². The lowest BCUT2D eigenvalue weighted by molar-refractivity contribution is -0.119. The van der Waals surface area contributed by atoms with Crippen molar-refractivity contribution in [3.8, 4) is 11.5 Å². The summed E-state index contributed by atoms with van der Waals surface area (Å²) in [5, 5.41) is 4.98. The lowest BCUT2D eigenvalue weighted by Gasteiger charge is -2.24. The van der Waals surface area contributed by atoms with Crippen LogP contribution in [0.2, 0.25) is 10.0 Å². The third-order valence-corrected chi connectivity index (χ3v) is 9.20. The Bertz CT molecular complexity index is 1720. The van der Waals surface area contributed by atoms with Gasteiger partial charge in [-0.25, -0.2) is 13.8 Å². The molecule has 218 valence electrons. The molecule has 4 aromatic rings. The Labute approximate surface area is 263 Å². The van der Waals surface area contributed by atoms with Crippen LogP contribution in [0.1, 0.15) is 16.7 Å². The van der Waals surface area contributed by atoms with Gasteiger partial charge in [0, 0.05) is 15.6 Å². The molecule has 0 aromatic heterocycles. The number of ether oxygens (including phenoxy) is 2. The zero-order valence-corrected chi connectivity index (χ0v) is 26.5. The van der Waals surface area contributed by atoms with Gasteiger partial charge in [0.2, 0.25) is 0 Å². The summed E-state index contributed by atoms with van der Waals surface area (Å²) >= 11 is 16.0. The topological polar surface area (TPSA) is 97.3 Å². The Balaban J connectivity index is 1.50. The molecule has 1 N–H and O–H groups in total. The number of nitrogens with one attached hydrogen (secondary N) is 1. The summed E-state index contributed by atoms with van der Waals surface area (Å²) in [6.07, 6.45) is 1.40. The highest BCUT2D eigenvalue weighted by Crippen LogP contribution is 2.37. The minimum absolute atomic E-state index is 0.0341. The summed E-state index contributed by atoms with van der Waals surface area (Å²) in [5.74, 6) is 0.242. The van der Waals surface area contributed by atoms with Gasteiger partial charge < -0.3 is 9.47 Å². The molecule has 0 atom stereocenters. The molecule has 0 bridgehead atoms. The van der Waals surface area contributed by atoms with Gasteiger partial charge in [0.25, 0.3) is 15.9 Å². The molecule has 0 heterocycles. The van der Waals surface area contributed by atoms with Crippen molar-refractivity contribution in [1.82, 2.24) is 5.43 Å². The third-order valence-electron chi connectivity index (χ3n) is 6.05. The summed E-state index contributed by atoms with van der Waals surface area (Å²) < 4.78 is 40.0. The maximum atomic E-state index is 13.5. The normalized spacial score (nSPS) is 11.4. The molecule has 0 spiro atoms. The van der Waals surface area contributed by atoms with Crippen LogP contribution in [-0.4, -0.2) is 34.2 Å². The van der Waals surface area contributed by atoms with Crippen LogP contribution in [0.15, 0.2) is 99.4 Å². The highest BCUT2D eigenvalue weighted by molar-refractivity contribution is 9.10. The largest absolute Gasteiger partial charge is 0.493 e. The molecule has 4 aromatic carbocycles. The van der Waals surface area contributed by atoms with E-state index in [1.165, 1.54) is 31.5 Å². The van der Waals surface area contributed by atoms with E-state index in [0.717, 1.165) is 15.4 Å². The summed E-state index contributed by atoms with van der Waals surface area (Å²) in [7, 11) is -2.58. The van der Waals surface area contributed by atoms with E-state index in [4.69, 9.17) is 32.7 Å².